The van der Waals surface area contributed by atoms with Gasteiger partial charge >= 0.3 is 0 Å². The first kappa shape index (κ1) is 21.1. The maximum atomic E-state index is 13.3. The van der Waals surface area contributed by atoms with Crippen molar-refractivity contribution in [1.29, 1.82) is 0 Å². The number of benzene rings is 1. The van der Waals surface area contributed by atoms with Crippen LogP contribution in [0.2, 0.25) is 0 Å². The minimum Gasteiger partial charge on any atom is -0.355 e. The maximum absolute atomic E-state index is 13.3. The van der Waals surface area contributed by atoms with E-state index in [9.17, 15) is 9.18 Å². The average molecular weight is 371 g/mol. The van der Waals surface area contributed by atoms with Gasteiger partial charge in [0.25, 0.3) is 0 Å². The summed E-state index contributed by atoms with van der Waals surface area (Å²) < 4.78 is 18.5. The third-order valence-electron chi connectivity index (χ3n) is 3.61. The van der Waals surface area contributed by atoms with Crippen LogP contribution in [0.3, 0.4) is 0 Å². The van der Waals surface area contributed by atoms with Gasteiger partial charge in [-0.05, 0) is 44.2 Å². The van der Waals surface area contributed by atoms with Gasteiger partial charge in [0, 0.05) is 31.0 Å². The fourth-order valence-corrected chi connectivity index (χ4v) is 2.25. The van der Waals surface area contributed by atoms with E-state index in [0.29, 0.717) is 35.8 Å². The van der Waals surface area contributed by atoms with Crippen LogP contribution in [0.15, 0.2) is 22.7 Å². The van der Waals surface area contributed by atoms with Gasteiger partial charge in [0.1, 0.15) is 5.82 Å². The molecule has 25 heavy (non-hydrogen) atoms. The van der Waals surface area contributed by atoms with E-state index in [-0.39, 0.29) is 36.6 Å². The summed E-state index contributed by atoms with van der Waals surface area (Å²) in [7, 11) is 0. The number of aromatic nitrogens is 2. The van der Waals surface area contributed by atoms with Crippen LogP contribution < -0.4 is 10.6 Å². The molecule has 0 saturated carbocycles. The number of halogens is 2. The zero-order valence-corrected chi connectivity index (χ0v) is 15.5. The summed E-state index contributed by atoms with van der Waals surface area (Å²) in [6, 6.07) is 4.88. The van der Waals surface area contributed by atoms with Crippen molar-refractivity contribution in [3.63, 3.8) is 0 Å². The van der Waals surface area contributed by atoms with Gasteiger partial charge < -0.3 is 15.2 Å². The minimum atomic E-state index is -0.272. The Morgan fingerprint density at radius 1 is 1.40 bits per heavy atom. The Balaban J connectivity index is 0.00000312. The van der Waals surface area contributed by atoms with Gasteiger partial charge in [-0.2, -0.15) is 4.98 Å². The van der Waals surface area contributed by atoms with Crippen molar-refractivity contribution < 1.29 is 13.7 Å². The van der Waals surface area contributed by atoms with E-state index in [1.807, 2.05) is 13.8 Å². The number of nitrogens with one attached hydrogen (secondary N) is 2. The zero-order valence-electron chi connectivity index (χ0n) is 14.6. The van der Waals surface area contributed by atoms with Gasteiger partial charge in [0.15, 0.2) is 0 Å². The summed E-state index contributed by atoms with van der Waals surface area (Å²) in [5.74, 6) is 0.458. The summed E-state index contributed by atoms with van der Waals surface area (Å²) in [5.41, 5.74) is 1.21. The highest BCUT2D eigenvalue weighted by atomic mass is 35.5. The largest absolute Gasteiger partial charge is 0.355 e. The summed E-state index contributed by atoms with van der Waals surface area (Å²) in [6.07, 6.45) is 0.650. The highest BCUT2D eigenvalue weighted by Crippen LogP contribution is 2.19. The molecule has 0 saturated heterocycles. The second-order valence-corrected chi connectivity index (χ2v) is 5.74. The number of carbonyl (C=O) groups excluding carboxylic acids is 1. The second-order valence-electron chi connectivity index (χ2n) is 5.74. The molecule has 0 unspecified atom stereocenters. The quantitative estimate of drug-likeness (QED) is 0.746. The smallest absolute Gasteiger partial charge is 0.227 e. The molecule has 0 radical (unpaired) electrons. The lowest BCUT2D eigenvalue weighted by atomic mass is 10.1. The molecule has 0 fully saturated rings. The minimum absolute atomic E-state index is 0. The Bertz CT molecular complexity index is 693. The van der Waals surface area contributed by atoms with Gasteiger partial charge in [-0.1, -0.05) is 12.1 Å². The molecule has 2 N–H and O–H groups in total. The van der Waals surface area contributed by atoms with Crippen molar-refractivity contribution in [2.75, 3.05) is 13.1 Å². The summed E-state index contributed by atoms with van der Waals surface area (Å²) in [6.45, 7) is 7.16. The molecule has 0 spiro atoms. The number of carbonyl (C=O) groups is 1. The second kappa shape index (κ2) is 10.1. The fourth-order valence-electron chi connectivity index (χ4n) is 2.25. The van der Waals surface area contributed by atoms with Crippen LogP contribution in [0.1, 0.15) is 31.7 Å². The van der Waals surface area contributed by atoms with E-state index >= 15 is 0 Å². The SMILES string of the molecule is CCN[C@H](C)CNC(=O)CCc1nc(-c2ccc(F)c(C)c2)no1.Cl. The number of likely N-dealkylation sites (N-methyl/N-ethyl adjacent to an activating group) is 1. The molecule has 0 bridgehead atoms. The van der Waals surface area contributed by atoms with E-state index in [2.05, 4.69) is 20.8 Å². The van der Waals surface area contributed by atoms with Gasteiger partial charge in [-0.25, -0.2) is 4.39 Å². The van der Waals surface area contributed by atoms with E-state index in [4.69, 9.17) is 4.52 Å². The number of aryl methyl sites for hydroxylation is 2. The molecule has 1 aromatic heterocycles. The lowest BCUT2D eigenvalue weighted by Gasteiger charge is -2.12. The molecule has 0 aliphatic heterocycles. The van der Waals surface area contributed by atoms with Gasteiger partial charge in [0.05, 0.1) is 0 Å². The molecule has 6 nitrogen and oxygen atoms in total. The van der Waals surface area contributed by atoms with Crippen LogP contribution in [-0.4, -0.2) is 35.2 Å². The molecular weight excluding hydrogens is 347 g/mol. The first-order chi connectivity index (χ1) is 11.5. The van der Waals surface area contributed by atoms with E-state index < -0.39 is 0 Å². The van der Waals surface area contributed by atoms with Crippen molar-refractivity contribution in [2.45, 2.75) is 39.7 Å². The van der Waals surface area contributed by atoms with Crippen LogP contribution in [0.5, 0.6) is 0 Å². The highest BCUT2D eigenvalue weighted by Gasteiger charge is 2.12. The molecule has 1 atom stereocenters. The van der Waals surface area contributed by atoms with Crippen LogP contribution in [0.4, 0.5) is 4.39 Å². The first-order valence-corrected chi connectivity index (χ1v) is 8.08. The van der Waals surface area contributed by atoms with Crippen molar-refractivity contribution in [2.24, 2.45) is 0 Å². The third kappa shape index (κ3) is 6.43. The van der Waals surface area contributed by atoms with Crippen molar-refractivity contribution >= 4 is 18.3 Å². The van der Waals surface area contributed by atoms with Crippen LogP contribution >= 0.6 is 12.4 Å². The summed E-state index contributed by atoms with van der Waals surface area (Å²) in [4.78, 5) is 16.1. The standard InChI is InChI=1S/C17H23FN4O2.ClH/c1-4-19-12(3)10-20-15(23)7-8-16-21-17(22-24-16)13-5-6-14(18)11(2)9-13;/h5-6,9,12,19H,4,7-8,10H2,1-3H3,(H,20,23);1H/t12-;/m1./s1. The molecule has 138 valence electrons. The molecule has 0 aliphatic carbocycles. The Morgan fingerprint density at radius 2 is 2.16 bits per heavy atom. The molecule has 0 aliphatic rings. The summed E-state index contributed by atoms with van der Waals surface area (Å²) >= 11 is 0. The normalized spacial score (nSPS) is 11.7. The topological polar surface area (TPSA) is 80.0 Å². The lowest BCUT2D eigenvalue weighted by molar-refractivity contribution is -0.121. The molecular formula is C17H24ClFN4O2. The first-order valence-electron chi connectivity index (χ1n) is 8.08. The molecule has 1 amide bonds. The van der Waals surface area contributed by atoms with Crippen molar-refractivity contribution in [1.82, 2.24) is 20.8 Å². The predicted octanol–water partition coefficient (Wildman–Crippen LogP) is 2.65. The number of rotatable bonds is 8. The number of hydrogen-bond donors (Lipinski definition) is 2. The Hall–Kier alpha value is -1.99. The fraction of sp³-hybridized carbons (Fsp3) is 0.471. The molecule has 1 aromatic carbocycles. The van der Waals surface area contributed by atoms with Crippen LogP contribution in [-0.2, 0) is 11.2 Å². The van der Waals surface area contributed by atoms with Crippen LogP contribution in [0, 0.1) is 12.7 Å². The molecule has 1 heterocycles. The lowest BCUT2D eigenvalue weighted by Crippen LogP contribution is -2.38. The molecule has 8 heteroatoms. The zero-order chi connectivity index (χ0) is 17.5. The summed E-state index contributed by atoms with van der Waals surface area (Å²) in [5, 5.41) is 9.96. The van der Waals surface area contributed by atoms with E-state index in [1.54, 1.807) is 19.1 Å². The van der Waals surface area contributed by atoms with Crippen LogP contribution in [0.25, 0.3) is 11.4 Å². The Labute approximate surface area is 153 Å². The molecule has 2 rings (SSSR count). The number of amides is 1. The molecule has 2 aromatic rings. The van der Waals surface area contributed by atoms with E-state index in [1.165, 1.54) is 6.07 Å². The van der Waals surface area contributed by atoms with Crippen molar-refractivity contribution in [3.05, 3.63) is 35.5 Å². The average Bonchev–Trinajstić information content (AvgIpc) is 3.03. The highest BCUT2D eigenvalue weighted by molar-refractivity contribution is 5.85. The Morgan fingerprint density at radius 3 is 2.84 bits per heavy atom. The van der Waals surface area contributed by atoms with Gasteiger partial charge in [-0.3, -0.25) is 4.79 Å². The predicted molar refractivity (Wildman–Crippen MR) is 96.1 cm³/mol. The maximum Gasteiger partial charge on any atom is 0.227 e. The van der Waals surface area contributed by atoms with Gasteiger partial charge in [0.2, 0.25) is 17.6 Å². The Kier molecular flexibility index (Phi) is 8.51. The van der Waals surface area contributed by atoms with Crippen molar-refractivity contribution in [3.8, 4) is 11.4 Å². The third-order valence-corrected chi connectivity index (χ3v) is 3.61. The van der Waals surface area contributed by atoms with E-state index in [0.717, 1.165) is 6.54 Å². The number of hydrogen-bond acceptors (Lipinski definition) is 5. The van der Waals surface area contributed by atoms with Gasteiger partial charge in [-0.15, -0.1) is 12.4 Å². The monoisotopic (exact) mass is 370 g/mol. The number of nitrogens with zero attached hydrogens (tertiary/aromatic N) is 2.